The molecule has 26 heavy (non-hydrogen) atoms. The molecule has 1 heterocycles. The molecule has 0 radical (unpaired) electrons. The number of carbonyl (C=O) groups excluding carboxylic acids is 1. The second kappa shape index (κ2) is 6.90. The van der Waals surface area contributed by atoms with E-state index in [1.54, 1.807) is 10.7 Å². The molecule has 0 amide bonds. The molecule has 1 aromatic heterocycles. The second-order valence-corrected chi connectivity index (χ2v) is 8.05. The average Bonchev–Trinajstić information content (AvgIpc) is 2.91. The SMILES string of the molecule is Cn1nc(-c2ccccc2Cl)c(C(=O)C(C)(C)C)c1-c1ccccc1Cl. The van der Waals surface area contributed by atoms with Crippen LogP contribution in [0.4, 0.5) is 0 Å². The number of aryl methyl sites for hydroxylation is 1. The Labute approximate surface area is 163 Å². The smallest absolute Gasteiger partial charge is 0.172 e. The van der Waals surface area contributed by atoms with E-state index in [-0.39, 0.29) is 5.78 Å². The molecule has 0 saturated carbocycles. The van der Waals surface area contributed by atoms with Crippen LogP contribution in [0.1, 0.15) is 31.1 Å². The maximum Gasteiger partial charge on any atom is 0.172 e. The molecule has 0 bridgehead atoms. The minimum Gasteiger partial charge on any atom is -0.293 e. The van der Waals surface area contributed by atoms with Gasteiger partial charge in [-0.2, -0.15) is 5.10 Å². The summed E-state index contributed by atoms with van der Waals surface area (Å²) < 4.78 is 1.71. The zero-order valence-electron chi connectivity index (χ0n) is 15.2. The number of benzene rings is 2. The van der Waals surface area contributed by atoms with E-state index in [1.165, 1.54) is 0 Å². The molecule has 134 valence electrons. The highest BCUT2D eigenvalue weighted by Crippen LogP contribution is 2.40. The van der Waals surface area contributed by atoms with E-state index in [1.807, 2.05) is 70.3 Å². The van der Waals surface area contributed by atoms with Crippen molar-refractivity contribution in [2.75, 3.05) is 0 Å². The molecule has 0 unspecified atom stereocenters. The van der Waals surface area contributed by atoms with Crippen molar-refractivity contribution in [2.24, 2.45) is 12.5 Å². The van der Waals surface area contributed by atoms with Crippen LogP contribution >= 0.6 is 23.2 Å². The van der Waals surface area contributed by atoms with Gasteiger partial charge in [0, 0.05) is 28.6 Å². The summed E-state index contributed by atoms with van der Waals surface area (Å²) in [4.78, 5) is 13.4. The van der Waals surface area contributed by atoms with Gasteiger partial charge in [-0.1, -0.05) is 80.4 Å². The summed E-state index contributed by atoms with van der Waals surface area (Å²) in [6.45, 7) is 5.69. The number of halogens is 2. The lowest BCUT2D eigenvalue weighted by atomic mass is 9.83. The standard InChI is InChI=1S/C21H20Cl2N2O/c1-21(2,3)20(26)17-18(13-9-5-7-11-15(13)22)24-25(4)19(17)14-10-6-8-12-16(14)23/h5-12H,1-4H3. The predicted octanol–water partition coefficient (Wildman–Crippen LogP) is 6.29. The van der Waals surface area contributed by atoms with Crippen molar-refractivity contribution in [3.05, 3.63) is 64.1 Å². The first-order valence-electron chi connectivity index (χ1n) is 8.33. The number of nitrogens with zero attached hydrogens (tertiary/aromatic N) is 2. The van der Waals surface area contributed by atoms with Gasteiger partial charge in [0.25, 0.3) is 0 Å². The molecule has 3 nitrogen and oxygen atoms in total. The van der Waals surface area contributed by atoms with Crippen LogP contribution < -0.4 is 0 Å². The van der Waals surface area contributed by atoms with Crippen molar-refractivity contribution < 1.29 is 4.79 Å². The Hall–Kier alpha value is -2.10. The van der Waals surface area contributed by atoms with Crippen LogP contribution in [-0.2, 0) is 7.05 Å². The van der Waals surface area contributed by atoms with Crippen LogP contribution in [0.5, 0.6) is 0 Å². The number of carbonyl (C=O) groups is 1. The van der Waals surface area contributed by atoms with E-state index in [0.717, 1.165) is 11.1 Å². The summed E-state index contributed by atoms with van der Waals surface area (Å²) in [5.74, 6) is -0.00422. The fourth-order valence-electron chi connectivity index (χ4n) is 2.92. The van der Waals surface area contributed by atoms with E-state index in [2.05, 4.69) is 5.10 Å². The van der Waals surface area contributed by atoms with E-state index in [4.69, 9.17) is 23.2 Å². The molecule has 0 atom stereocenters. The number of hydrogen-bond donors (Lipinski definition) is 0. The first-order chi connectivity index (χ1) is 12.2. The van der Waals surface area contributed by atoms with Crippen LogP contribution in [0.15, 0.2) is 48.5 Å². The summed E-state index contributed by atoms with van der Waals surface area (Å²) >= 11 is 12.8. The lowest BCUT2D eigenvalue weighted by molar-refractivity contribution is 0.0859. The lowest BCUT2D eigenvalue weighted by Gasteiger charge is -2.18. The number of Topliss-reactive ketones (excluding diaryl/α,β-unsaturated/α-hetero) is 1. The van der Waals surface area contributed by atoms with Crippen LogP contribution in [0.2, 0.25) is 10.0 Å². The number of rotatable bonds is 3. The van der Waals surface area contributed by atoms with Crippen molar-refractivity contribution in [1.82, 2.24) is 9.78 Å². The number of aromatic nitrogens is 2. The summed E-state index contributed by atoms with van der Waals surface area (Å²) in [5, 5.41) is 5.77. The van der Waals surface area contributed by atoms with Crippen LogP contribution in [0.3, 0.4) is 0 Å². The molecule has 0 fully saturated rings. The maximum atomic E-state index is 13.4. The summed E-state index contributed by atoms with van der Waals surface area (Å²) in [7, 11) is 1.82. The monoisotopic (exact) mass is 386 g/mol. The first-order valence-corrected chi connectivity index (χ1v) is 9.09. The van der Waals surface area contributed by atoms with Crippen LogP contribution in [0.25, 0.3) is 22.5 Å². The highest BCUT2D eigenvalue weighted by Gasteiger charge is 2.33. The van der Waals surface area contributed by atoms with Gasteiger partial charge in [-0.15, -0.1) is 0 Å². The minimum atomic E-state index is -0.574. The third-order valence-electron chi connectivity index (χ3n) is 4.21. The third-order valence-corrected chi connectivity index (χ3v) is 4.87. The van der Waals surface area contributed by atoms with E-state index in [0.29, 0.717) is 27.0 Å². The fourth-order valence-corrected chi connectivity index (χ4v) is 3.37. The van der Waals surface area contributed by atoms with Crippen molar-refractivity contribution >= 4 is 29.0 Å². The molecule has 0 saturated heterocycles. The molecule has 2 aromatic carbocycles. The van der Waals surface area contributed by atoms with Crippen molar-refractivity contribution in [3.63, 3.8) is 0 Å². The van der Waals surface area contributed by atoms with Crippen LogP contribution in [0, 0.1) is 5.41 Å². The minimum absolute atomic E-state index is 0.00422. The Bertz CT molecular complexity index is 984. The molecular weight excluding hydrogens is 367 g/mol. The van der Waals surface area contributed by atoms with Gasteiger partial charge in [-0.25, -0.2) is 0 Å². The molecule has 0 aliphatic carbocycles. The van der Waals surface area contributed by atoms with Crippen LogP contribution in [-0.4, -0.2) is 15.6 Å². The van der Waals surface area contributed by atoms with Gasteiger partial charge in [-0.3, -0.25) is 9.48 Å². The van der Waals surface area contributed by atoms with E-state index >= 15 is 0 Å². The number of ketones is 1. The molecule has 3 aromatic rings. The third kappa shape index (κ3) is 3.29. The van der Waals surface area contributed by atoms with Gasteiger partial charge in [0.1, 0.15) is 5.69 Å². The van der Waals surface area contributed by atoms with Gasteiger partial charge >= 0.3 is 0 Å². The number of hydrogen-bond acceptors (Lipinski definition) is 2. The Morgan fingerprint density at radius 2 is 1.42 bits per heavy atom. The normalized spacial score (nSPS) is 11.6. The lowest BCUT2D eigenvalue weighted by Crippen LogP contribution is -2.21. The quantitative estimate of drug-likeness (QED) is 0.495. The second-order valence-electron chi connectivity index (χ2n) is 7.23. The Balaban J connectivity index is 2.38. The highest BCUT2D eigenvalue weighted by molar-refractivity contribution is 6.34. The molecule has 0 aliphatic heterocycles. The van der Waals surface area contributed by atoms with Crippen molar-refractivity contribution in [3.8, 4) is 22.5 Å². The Morgan fingerprint density at radius 3 is 1.92 bits per heavy atom. The van der Waals surface area contributed by atoms with Gasteiger partial charge in [-0.05, 0) is 12.1 Å². The zero-order valence-corrected chi connectivity index (χ0v) is 16.7. The topological polar surface area (TPSA) is 34.9 Å². The summed E-state index contributed by atoms with van der Waals surface area (Å²) in [6.07, 6.45) is 0. The van der Waals surface area contributed by atoms with Crippen molar-refractivity contribution in [1.29, 1.82) is 0 Å². The largest absolute Gasteiger partial charge is 0.293 e. The average molecular weight is 387 g/mol. The van der Waals surface area contributed by atoms with Gasteiger partial charge < -0.3 is 0 Å². The molecule has 0 N–H and O–H groups in total. The maximum absolute atomic E-state index is 13.4. The first kappa shape index (κ1) is 18.7. The Morgan fingerprint density at radius 1 is 0.923 bits per heavy atom. The Kier molecular flexibility index (Phi) is 4.96. The van der Waals surface area contributed by atoms with Gasteiger partial charge in [0.05, 0.1) is 16.3 Å². The van der Waals surface area contributed by atoms with E-state index < -0.39 is 5.41 Å². The molecule has 0 aliphatic rings. The molecule has 3 rings (SSSR count). The van der Waals surface area contributed by atoms with Gasteiger partial charge in [0.15, 0.2) is 5.78 Å². The van der Waals surface area contributed by atoms with Crippen molar-refractivity contribution in [2.45, 2.75) is 20.8 Å². The fraction of sp³-hybridized carbons (Fsp3) is 0.238. The summed E-state index contributed by atoms with van der Waals surface area (Å²) in [6, 6.07) is 14.9. The molecule has 5 heteroatoms. The molecule has 0 spiro atoms. The predicted molar refractivity (Wildman–Crippen MR) is 108 cm³/mol. The van der Waals surface area contributed by atoms with Gasteiger partial charge in [0.2, 0.25) is 0 Å². The zero-order chi connectivity index (χ0) is 19.1. The molecular formula is C21H20Cl2N2O. The highest BCUT2D eigenvalue weighted by atomic mass is 35.5. The summed E-state index contributed by atoms with van der Waals surface area (Å²) in [5.41, 5.74) is 2.75. The van der Waals surface area contributed by atoms with E-state index in [9.17, 15) is 4.79 Å².